The molecular formula is C21H29ClN4O. The van der Waals surface area contributed by atoms with E-state index in [0.717, 1.165) is 42.8 Å². The summed E-state index contributed by atoms with van der Waals surface area (Å²) < 4.78 is 0. The molecule has 1 aromatic carbocycles. The molecule has 0 spiro atoms. The van der Waals surface area contributed by atoms with Crippen LogP contribution in [-0.2, 0) is 11.2 Å². The SMILES string of the molecule is CN(CCCc1cc(-c2ccccc2)n[nH]1)C(=O)C1C2CCC(C2)C1N.Cl. The topological polar surface area (TPSA) is 75.0 Å². The molecule has 2 saturated carbocycles. The van der Waals surface area contributed by atoms with Crippen molar-refractivity contribution in [1.82, 2.24) is 15.1 Å². The zero-order valence-corrected chi connectivity index (χ0v) is 16.6. The maximum atomic E-state index is 12.8. The van der Waals surface area contributed by atoms with Gasteiger partial charge in [0.1, 0.15) is 0 Å². The molecule has 4 atom stereocenters. The van der Waals surface area contributed by atoms with Gasteiger partial charge < -0.3 is 10.6 Å². The summed E-state index contributed by atoms with van der Waals surface area (Å²) >= 11 is 0. The Morgan fingerprint density at radius 1 is 1.26 bits per heavy atom. The van der Waals surface area contributed by atoms with Crippen molar-refractivity contribution in [3.05, 3.63) is 42.1 Å². The van der Waals surface area contributed by atoms with Crippen LogP contribution in [0.3, 0.4) is 0 Å². The van der Waals surface area contributed by atoms with Gasteiger partial charge in [0.25, 0.3) is 0 Å². The molecular weight excluding hydrogens is 360 g/mol. The number of amides is 1. The first-order valence-corrected chi connectivity index (χ1v) is 9.73. The Bertz CT molecular complexity index is 761. The molecule has 146 valence electrons. The molecule has 4 unspecified atom stereocenters. The smallest absolute Gasteiger partial charge is 0.227 e. The highest BCUT2D eigenvalue weighted by atomic mass is 35.5. The maximum Gasteiger partial charge on any atom is 0.227 e. The van der Waals surface area contributed by atoms with Gasteiger partial charge in [-0.05, 0) is 50.0 Å². The van der Waals surface area contributed by atoms with Gasteiger partial charge in [0, 0.05) is 30.9 Å². The van der Waals surface area contributed by atoms with Crippen molar-refractivity contribution >= 4 is 18.3 Å². The number of rotatable bonds is 6. The van der Waals surface area contributed by atoms with Crippen molar-refractivity contribution in [3.8, 4) is 11.3 Å². The largest absolute Gasteiger partial charge is 0.345 e. The number of carbonyl (C=O) groups is 1. The van der Waals surface area contributed by atoms with Crippen LogP contribution < -0.4 is 5.73 Å². The van der Waals surface area contributed by atoms with Crippen LogP contribution in [0.15, 0.2) is 36.4 Å². The first-order chi connectivity index (χ1) is 12.6. The second-order valence-corrected chi connectivity index (χ2v) is 7.94. The average Bonchev–Trinajstić information content (AvgIpc) is 3.38. The van der Waals surface area contributed by atoms with Crippen molar-refractivity contribution in [2.75, 3.05) is 13.6 Å². The summed E-state index contributed by atoms with van der Waals surface area (Å²) in [5.74, 6) is 1.39. The predicted octanol–water partition coefficient (Wildman–Crippen LogP) is 3.26. The van der Waals surface area contributed by atoms with Crippen molar-refractivity contribution in [1.29, 1.82) is 0 Å². The van der Waals surface area contributed by atoms with Crippen LogP contribution in [0.25, 0.3) is 11.3 Å². The average molecular weight is 389 g/mol. The summed E-state index contributed by atoms with van der Waals surface area (Å²) in [6.07, 6.45) is 5.36. The van der Waals surface area contributed by atoms with Gasteiger partial charge >= 0.3 is 0 Å². The van der Waals surface area contributed by atoms with Gasteiger partial charge in [-0.3, -0.25) is 9.89 Å². The fourth-order valence-corrected chi connectivity index (χ4v) is 4.82. The summed E-state index contributed by atoms with van der Waals surface area (Å²) in [5.41, 5.74) is 9.52. The highest BCUT2D eigenvalue weighted by molar-refractivity contribution is 5.85. The molecule has 6 heteroatoms. The first kappa shape index (κ1) is 19.9. The number of nitrogens with zero attached hydrogens (tertiary/aromatic N) is 2. The van der Waals surface area contributed by atoms with E-state index in [4.69, 9.17) is 5.73 Å². The zero-order chi connectivity index (χ0) is 18.1. The van der Waals surface area contributed by atoms with Gasteiger partial charge in [-0.2, -0.15) is 5.10 Å². The van der Waals surface area contributed by atoms with Crippen LogP contribution in [0.2, 0.25) is 0 Å². The van der Waals surface area contributed by atoms with Gasteiger partial charge in [-0.25, -0.2) is 0 Å². The van der Waals surface area contributed by atoms with E-state index in [9.17, 15) is 4.79 Å². The van der Waals surface area contributed by atoms with E-state index >= 15 is 0 Å². The van der Waals surface area contributed by atoms with Crippen LogP contribution in [0.4, 0.5) is 0 Å². The molecule has 27 heavy (non-hydrogen) atoms. The predicted molar refractivity (Wildman–Crippen MR) is 110 cm³/mol. The second-order valence-electron chi connectivity index (χ2n) is 7.94. The molecule has 0 radical (unpaired) electrons. The lowest BCUT2D eigenvalue weighted by Crippen LogP contribution is -2.46. The summed E-state index contributed by atoms with van der Waals surface area (Å²) in [7, 11) is 1.92. The van der Waals surface area contributed by atoms with E-state index < -0.39 is 0 Å². The molecule has 2 aliphatic rings. The number of nitrogens with one attached hydrogen (secondary N) is 1. The summed E-state index contributed by atoms with van der Waals surface area (Å²) in [6, 6.07) is 12.3. The Labute approximate surface area is 167 Å². The van der Waals surface area contributed by atoms with E-state index in [1.54, 1.807) is 0 Å². The Kier molecular flexibility index (Phi) is 6.22. The fraction of sp³-hybridized carbons (Fsp3) is 0.524. The first-order valence-electron chi connectivity index (χ1n) is 9.73. The molecule has 0 aliphatic heterocycles. The minimum Gasteiger partial charge on any atom is -0.345 e. The van der Waals surface area contributed by atoms with Crippen molar-refractivity contribution in [2.24, 2.45) is 23.5 Å². The highest BCUT2D eigenvalue weighted by Gasteiger charge is 2.49. The summed E-state index contributed by atoms with van der Waals surface area (Å²) in [4.78, 5) is 14.7. The Morgan fingerprint density at radius 3 is 2.70 bits per heavy atom. The standard InChI is InChI=1S/C21H28N4O.ClH/c1-25(21(26)19-15-9-10-16(12-15)20(19)22)11-5-8-17-13-18(24-23-17)14-6-3-2-4-7-14;/h2-4,6-7,13,15-16,19-20H,5,8-12,22H2,1H3,(H,23,24);1H. The normalized spacial score (nSPS) is 26.0. The maximum absolute atomic E-state index is 12.8. The minimum atomic E-state index is 0. The minimum absolute atomic E-state index is 0. The number of benzene rings is 1. The number of hydrogen-bond acceptors (Lipinski definition) is 3. The van der Waals surface area contributed by atoms with Crippen LogP contribution in [-0.4, -0.2) is 40.6 Å². The molecule has 0 saturated heterocycles. The Hall–Kier alpha value is -1.85. The third-order valence-electron chi connectivity index (χ3n) is 6.28. The zero-order valence-electron chi connectivity index (χ0n) is 15.8. The van der Waals surface area contributed by atoms with Crippen molar-refractivity contribution < 1.29 is 4.79 Å². The molecule has 2 bridgehead atoms. The monoisotopic (exact) mass is 388 g/mol. The van der Waals surface area contributed by atoms with Gasteiger partial charge in [-0.15, -0.1) is 12.4 Å². The van der Waals surface area contributed by atoms with Crippen LogP contribution in [0.5, 0.6) is 0 Å². The molecule has 3 N–H and O–H groups in total. The number of aryl methyl sites for hydroxylation is 1. The number of nitrogens with two attached hydrogens (primary N) is 1. The van der Waals surface area contributed by atoms with Crippen LogP contribution in [0, 0.1) is 17.8 Å². The molecule has 1 heterocycles. The lowest BCUT2D eigenvalue weighted by atomic mass is 9.84. The van der Waals surface area contributed by atoms with Gasteiger partial charge in [0.05, 0.1) is 11.6 Å². The Morgan fingerprint density at radius 2 is 2.00 bits per heavy atom. The molecule has 2 fully saturated rings. The van der Waals surface area contributed by atoms with Gasteiger partial charge in [0.2, 0.25) is 5.91 Å². The molecule has 1 aromatic heterocycles. The fourth-order valence-electron chi connectivity index (χ4n) is 4.82. The van der Waals surface area contributed by atoms with Gasteiger partial charge in [0.15, 0.2) is 0 Å². The van der Waals surface area contributed by atoms with Crippen LogP contribution >= 0.6 is 12.4 Å². The lowest BCUT2D eigenvalue weighted by molar-refractivity contribution is -0.136. The lowest BCUT2D eigenvalue weighted by Gasteiger charge is -2.30. The number of H-pyrrole nitrogens is 1. The summed E-state index contributed by atoms with van der Waals surface area (Å²) in [6.45, 7) is 0.763. The Balaban J connectivity index is 0.00000210. The third-order valence-corrected chi connectivity index (χ3v) is 6.28. The number of halogens is 1. The molecule has 1 amide bonds. The van der Waals surface area contributed by atoms with Crippen molar-refractivity contribution in [3.63, 3.8) is 0 Å². The molecule has 2 aliphatic carbocycles. The number of aromatic nitrogens is 2. The van der Waals surface area contributed by atoms with E-state index in [2.05, 4.69) is 28.4 Å². The molecule has 4 rings (SSSR count). The highest BCUT2D eigenvalue weighted by Crippen LogP contribution is 2.48. The van der Waals surface area contributed by atoms with E-state index in [-0.39, 0.29) is 30.3 Å². The number of hydrogen-bond donors (Lipinski definition) is 2. The number of aromatic amines is 1. The van der Waals surface area contributed by atoms with Crippen molar-refractivity contribution in [2.45, 2.75) is 38.1 Å². The van der Waals surface area contributed by atoms with Gasteiger partial charge in [-0.1, -0.05) is 30.3 Å². The molecule has 2 aromatic rings. The van der Waals surface area contributed by atoms with E-state index in [1.165, 1.54) is 12.8 Å². The third kappa shape index (κ3) is 4.04. The molecule has 5 nitrogen and oxygen atoms in total. The number of carbonyl (C=O) groups excluding carboxylic acids is 1. The van der Waals surface area contributed by atoms with E-state index in [1.807, 2.05) is 30.1 Å². The summed E-state index contributed by atoms with van der Waals surface area (Å²) in [5, 5.41) is 7.51. The quantitative estimate of drug-likeness (QED) is 0.797. The van der Waals surface area contributed by atoms with Crippen LogP contribution in [0.1, 0.15) is 31.4 Å². The number of fused-ring (bicyclic) bond motifs is 2. The van der Waals surface area contributed by atoms with E-state index in [0.29, 0.717) is 11.8 Å². The second kappa shape index (κ2) is 8.44.